The van der Waals surface area contributed by atoms with Gasteiger partial charge in [0.05, 0.1) is 10.7 Å². The van der Waals surface area contributed by atoms with Crippen LogP contribution >= 0.6 is 11.3 Å². The van der Waals surface area contributed by atoms with Gasteiger partial charge in [-0.1, -0.05) is 12.8 Å². The van der Waals surface area contributed by atoms with E-state index < -0.39 is 0 Å². The van der Waals surface area contributed by atoms with Crippen LogP contribution < -0.4 is 5.73 Å². The SMILES string of the molecule is Cc1nc(CN(C)C(C)(CN)CC2CC2)cs1. The van der Waals surface area contributed by atoms with Crippen molar-refractivity contribution in [3.8, 4) is 0 Å². The molecule has 1 fully saturated rings. The fourth-order valence-corrected chi connectivity index (χ4v) is 2.86. The predicted molar refractivity (Wildman–Crippen MR) is 73.1 cm³/mol. The van der Waals surface area contributed by atoms with Gasteiger partial charge in [-0.05, 0) is 33.2 Å². The van der Waals surface area contributed by atoms with Crippen LogP contribution in [0.15, 0.2) is 5.38 Å². The summed E-state index contributed by atoms with van der Waals surface area (Å²) in [6.45, 7) is 5.97. The maximum atomic E-state index is 5.98. The second kappa shape index (κ2) is 5.04. The van der Waals surface area contributed by atoms with Gasteiger partial charge in [-0.3, -0.25) is 4.90 Å². The molecule has 1 saturated carbocycles. The maximum absolute atomic E-state index is 5.98. The van der Waals surface area contributed by atoms with Gasteiger partial charge < -0.3 is 5.73 Å². The predicted octanol–water partition coefficient (Wildman–Crippen LogP) is 2.40. The molecule has 1 aliphatic carbocycles. The fraction of sp³-hybridized carbons (Fsp3) is 0.769. The van der Waals surface area contributed by atoms with Gasteiger partial charge in [0.1, 0.15) is 0 Å². The maximum Gasteiger partial charge on any atom is 0.0897 e. The van der Waals surface area contributed by atoms with Crippen molar-refractivity contribution in [2.75, 3.05) is 13.6 Å². The van der Waals surface area contributed by atoms with Crippen LogP contribution in [0.5, 0.6) is 0 Å². The van der Waals surface area contributed by atoms with Gasteiger partial charge in [-0.2, -0.15) is 0 Å². The van der Waals surface area contributed by atoms with Crippen molar-refractivity contribution in [1.82, 2.24) is 9.88 Å². The van der Waals surface area contributed by atoms with E-state index in [1.807, 2.05) is 0 Å². The lowest BCUT2D eigenvalue weighted by molar-refractivity contribution is 0.118. The van der Waals surface area contributed by atoms with Crippen molar-refractivity contribution in [1.29, 1.82) is 0 Å². The van der Waals surface area contributed by atoms with E-state index in [4.69, 9.17) is 5.73 Å². The molecule has 2 rings (SSSR count). The molecule has 17 heavy (non-hydrogen) atoms. The first-order chi connectivity index (χ1) is 8.03. The zero-order valence-corrected chi connectivity index (χ0v) is 11.9. The minimum Gasteiger partial charge on any atom is -0.329 e. The van der Waals surface area contributed by atoms with E-state index in [9.17, 15) is 0 Å². The van der Waals surface area contributed by atoms with Crippen LogP contribution in [0.2, 0.25) is 0 Å². The largest absolute Gasteiger partial charge is 0.329 e. The number of likely N-dealkylation sites (N-methyl/N-ethyl adjacent to an activating group) is 1. The Bertz CT molecular complexity index is 372. The average molecular weight is 253 g/mol. The smallest absolute Gasteiger partial charge is 0.0897 e. The number of rotatable bonds is 6. The summed E-state index contributed by atoms with van der Waals surface area (Å²) in [6, 6.07) is 0. The Balaban J connectivity index is 1.98. The van der Waals surface area contributed by atoms with Crippen molar-refractivity contribution in [2.24, 2.45) is 11.7 Å². The molecule has 1 unspecified atom stereocenters. The second-order valence-electron chi connectivity index (χ2n) is 5.56. The van der Waals surface area contributed by atoms with Crippen LogP contribution in [0.1, 0.15) is 36.9 Å². The highest BCUT2D eigenvalue weighted by molar-refractivity contribution is 7.09. The topological polar surface area (TPSA) is 42.2 Å². The lowest BCUT2D eigenvalue weighted by Crippen LogP contribution is -2.49. The molecule has 1 atom stereocenters. The van der Waals surface area contributed by atoms with E-state index >= 15 is 0 Å². The zero-order chi connectivity index (χ0) is 12.5. The highest BCUT2D eigenvalue weighted by atomic mass is 32.1. The molecule has 1 aromatic rings. The lowest BCUT2D eigenvalue weighted by atomic mass is 9.93. The van der Waals surface area contributed by atoms with Crippen LogP contribution in [0.3, 0.4) is 0 Å². The monoisotopic (exact) mass is 253 g/mol. The van der Waals surface area contributed by atoms with Crippen molar-refractivity contribution >= 4 is 11.3 Å². The molecular formula is C13H23N3S. The van der Waals surface area contributed by atoms with E-state index in [1.165, 1.54) is 25.0 Å². The standard InChI is InChI=1S/C13H23N3S/c1-10-15-12(8-17-10)7-16(3)13(2,9-14)6-11-4-5-11/h8,11H,4-7,9,14H2,1-3H3. The quantitative estimate of drug-likeness (QED) is 0.846. The second-order valence-corrected chi connectivity index (χ2v) is 6.62. The van der Waals surface area contributed by atoms with Gasteiger partial charge >= 0.3 is 0 Å². The Kier molecular flexibility index (Phi) is 3.85. The van der Waals surface area contributed by atoms with Crippen LogP contribution in [-0.4, -0.2) is 29.0 Å². The minimum absolute atomic E-state index is 0.124. The first-order valence-electron chi connectivity index (χ1n) is 6.36. The first-order valence-corrected chi connectivity index (χ1v) is 7.24. The molecule has 0 aliphatic heterocycles. The number of nitrogens with two attached hydrogens (primary N) is 1. The Morgan fingerprint density at radius 3 is 2.76 bits per heavy atom. The highest BCUT2D eigenvalue weighted by Crippen LogP contribution is 2.38. The van der Waals surface area contributed by atoms with E-state index in [0.717, 1.165) is 24.0 Å². The molecular weight excluding hydrogens is 230 g/mol. The molecule has 0 aromatic carbocycles. The number of nitrogens with zero attached hydrogens (tertiary/aromatic N) is 2. The Hall–Kier alpha value is -0.450. The number of hydrogen-bond donors (Lipinski definition) is 1. The molecule has 4 heteroatoms. The summed E-state index contributed by atoms with van der Waals surface area (Å²) >= 11 is 1.72. The van der Waals surface area contributed by atoms with Gasteiger partial charge in [-0.15, -0.1) is 11.3 Å². The van der Waals surface area contributed by atoms with Crippen molar-refractivity contribution in [3.63, 3.8) is 0 Å². The molecule has 96 valence electrons. The third kappa shape index (κ3) is 3.27. The number of hydrogen-bond acceptors (Lipinski definition) is 4. The van der Waals surface area contributed by atoms with Crippen LogP contribution in [-0.2, 0) is 6.54 Å². The lowest BCUT2D eigenvalue weighted by Gasteiger charge is -2.38. The van der Waals surface area contributed by atoms with Gasteiger partial charge in [0, 0.05) is 24.0 Å². The fourth-order valence-electron chi connectivity index (χ4n) is 2.25. The summed E-state index contributed by atoms with van der Waals surface area (Å²) < 4.78 is 0. The van der Waals surface area contributed by atoms with E-state index in [2.05, 4.69) is 36.2 Å². The summed E-state index contributed by atoms with van der Waals surface area (Å²) in [7, 11) is 2.17. The molecule has 1 aliphatic rings. The highest BCUT2D eigenvalue weighted by Gasteiger charge is 2.35. The Morgan fingerprint density at radius 1 is 1.59 bits per heavy atom. The summed E-state index contributed by atoms with van der Waals surface area (Å²) in [5, 5.41) is 3.30. The number of aryl methyl sites for hydroxylation is 1. The number of thiazole rings is 1. The molecule has 0 saturated heterocycles. The van der Waals surface area contributed by atoms with Crippen LogP contribution in [0, 0.1) is 12.8 Å². The molecule has 0 bridgehead atoms. The van der Waals surface area contributed by atoms with Crippen molar-refractivity contribution < 1.29 is 0 Å². The van der Waals surface area contributed by atoms with E-state index in [0.29, 0.717) is 0 Å². The normalized spacial score (nSPS) is 19.6. The van der Waals surface area contributed by atoms with E-state index in [1.54, 1.807) is 11.3 Å². The average Bonchev–Trinajstić information content (AvgIpc) is 3.01. The van der Waals surface area contributed by atoms with Crippen molar-refractivity contribution in [3.05, 3.63) is 16.1 Å². The molecule has 0 radical (unpaired) electrons. The molecule has 3 nitrogen and oxygen atoms in total. The first kappa shape index (κ1) is 13.0. The molecule has 1 heterocycles. The third-order valence-electron chi connectivity index (χ3n) is 3.85. The van der Waals surface area contributed by atoms with Gasteiger partial charge in [0.15, 0.2) is 0 Å². The van der Waals surface area contributed by atoms with Crippen molar-refractivity contribution in [2.45, 2.75) is 45.2 Å². The molecule has 0 spiro atoms. The zero-order valence-electron chi connectivity index (χ0n) is 11.1. The Labute approximate surface area is 108 Å². The summed E-state index contributed by atoms with van der Waals surface area (Å²) in [4.78, 5) is 6.90. The molecule has 2 N–H and O–H groups in total. The molecule has 0 amide bonds. The van der Waals surface area contributed by atoms with Gasteiger partial charge in [-0.25, -0.2) is 4.98 Å². The van der Waals surface area contributed by atoms with Crippen LogP contribution in [0.25, 0.3) is 0 Å². The summed E-state index contributed by atoms with van der Waals surface area (Å²) in [6.07, 6.45) is 4.00. The molecule has 1 aromatic heterocycles. The Morgan fingerprint density at radius 2 is 2.29 bits per heavy atom. The van der Waals surface area contributed by atoms with Crippen LogP contribution in [0.4, 0.5) is 0 Å². The van der Waals surface area contributed by atoms with E-state index in [-0.39, 0.29) is 5.54 Å². The summed E-state index contributed by atoms with van der Waals surface area (Å²) in [5.41, 5.74) is 7.28. The third-order valence-corrected chi connectivity index (χ3v) is 4.67. The van der Waals surface area contributed by atoms with Gasteiger partial charge in [0.25, 0.3) is 0 Å². The number of aromatic nitrogens is 1. The summed E-state index contributed by atoms with van der Waals surface area (Å²) in [5.74, 6) is 0.906. The minimum atomic E-state index is 0.124. The van der Waals surface area contributed by atoms with Gasteiger partial charge in [0.2, 0.25) is 0 Å².